The average molecular weight is 256 g/mol. The molecule has 0 spiro atoms. The number of hydrogen-bond donors (Lipinski definition) is 1. The van der Waals surface area contributed by atoms with Crippen molar-refractivity contribution >= 4 is 38.4 Å². The second-order valence-electron chi connectivity index (χ2n) is 2.50. The van der Waals surface area contributed by atoms with Crippen LogP contribution in [-0.4, -0.2) is 10.2 Å². The number of rotatable bonds is 0. The Morgan fingerprint density at radius 3 is 3.00 bits per heavy atom. The van der Waals surface area contributed by atoms with Gasteiger partial charge >= 0.3 is 0 Å². The zero-order chi connectivity index (χ0) is 9.42. The average Bonchev–Trinajstić information content (AvgIpc) is 2.46. The van der Waals surface area contributed by atoms with Gasteiger partial charge in [-0.25, -0.2) is 0 Å². The van der Waals surface area contributed by atoms with Crippen molar-refractivity contribution in [3.63, 3.8) is 0 Å². The van der Waals surface area contributed by atoms with Crippen molar-refractivity contribution in [2.45, 2.75) is 0 Å². The fourth-order valence-electron chi connectivity index (χ4n) is 1.09. The zero-order valence-electron chi connectivity index (χ0n) is 6.31. The SMILES string of the molecule is N#Cc1cc2c(Br)[nH]nc2cc1Cl. The van der Waals surface area contributed by atoms with Crippen LogP contribution in [0.3, 0.4) is 0 Å². The van der Waals surface area contributed by atoms with Crippen LogP contribution in [-0.2, 0) is 0 Å². The van der Waals surface area contributed by atoms with E-state index in [1.165, 1.54) is 0 Å². The van der Waals surface area contributed by atoms with Gasteiger partial charge in [-0.1, -0.05) is 11.6 Å². The van der Waals surface area contributed by atoms with Gasteiger partial charge in [0, 0.05) is 5.39 Å². The van der Waals surface area contributed by atoms with E-state index in [1.54, 1.807) is 12.1 Å². The molecule has 2 aromatic rings. The van der Waals surface area contributed by atoms with E-state index in [1.807, 2.05) is 6.07 Å². The van der Waals surface area contributed by atoms with E-state index in [0.717, 1.165) is 15.5 Å². The van der Waals surface area contributed by atoms with E-state index >= 15 is 0 Å². The molecule has 0 aliphatic rings. The third-order valence-corrected chi connectivity index (χ3v) is 2.63. The van der Waals surface area contributed by atoms with Crippen molar-refractivity contribution in [1.82, 2.24) is 10.2 Å². The third-order valence-electron chi connectivity index (χ3n) is 1.72. The lowest BCUT2D eigenvalue weighted by atomic mass is 10.2. The van der Waals surface area contributed by atoms with Crippen molar-refractivity contribution in [2.24, 2.45) is 0 Å². The van der Waals surface area contributed by atoms with E-state index in [9.17, 15) is 0 Å². The molecule has 0 unspecified atom stereocenters. The number of aromatic nitrogens is 2. The second-order valence-corrected chi connectivity index (χ2v) is 3.70. The highest BCUT2D eigenvalue weighted by atomic mass is 79.9. The Labute approximate surface area is 87.4 Å². The van der Waals surface area contributed by atoms with Crippen LogP contribution in [0.5, 0.6) is 0 Å². The molecule has 2 rings (SSSR count). The van der Waals surface area contributed by atoms with Crippen molar-refractivity contribution in [1.29, 1.82) is 5.26 Å². The minimum Gasteiger partial charge on any atom is -0.270 e. The first-order valence-electron chi connectivity index (χ1n) is 3.45. The Kier molecular flexibility index (Phi) is 1.98. The molecule has 0 saturated heterocycles. The number of nitriles is 1. The van der Waals surface area contributed by atoms with E-state index in [2.05, 4.69) is 26.1 Å². The summed E-state index contributed by atoms with van der Waals surface area (Å²) < 4.78 is 0.760. The Morgan fingerprint density at radius 1 is 1.54 bits per heavy atom. The molecule has 5 heteroatoms. The second kappa shape index (κ2) is 3.02. The van der Waals surface area contributed by atoms with Crippen LogP contribution >= 0.6 is 27.5 Å². The summed E-state index contributed by atoms with van der Waals surface area (Å²) in [5, 5.41) is 16.8. The van der Waals surface area contributed by atoms with Crippen molar-refractivity contribution in [2.75, 3.05) is 0 Å². The smallest absolute Gasteiger partial charge is 0.108 e. The molecule has 1 heterocycles. The summed E-state index contributed by atoms with van der Waals surface area (Å²) in [4.78, 5) is 0. The predicted octanol–water partition coefficient (Wildman–Crippen LogP) is 2.85. The zero-order valence-corrected chi connectivity index (χ0v) is 8.65. The minimum atomic E-state index is 0.425. The van der Waals surface area contributed by atoms with Crippen LogP contribution in [0, 0.1) is 11.3 Å². The molecule has 1 aromatic heterocycles. The molecule has 0 bridgehead atoms. The molecule has 1 N–H and O–H groups in total. The minimum absolute atomic E-state index is 0.425. The summed E-state index contributed by atoms with van der Waals surface area (Å²) in [6, 6.07) is 5.37. The monoisotopic (exact) mass is 255 g/mol. The van der Waals surface area contributed by atoms with E-state index in [-0.39, 0.29) is 0 Å². The van der Waals surface area contributed by atoms with Gasteiger partial charge in [-0.2, -0.15) is 10.4 Å². The topological polar surface area (TPSA) is 52.5 Å². The Morgan fingerprint density at radius 2 is 2.31 bits per heavy atom. The molecular formula is C8H3BrClN3. The van der Waals surface area contributed by atoms with Crippen LogP contribution in [0.1, 0.15) is 5.56 Å². The summed E-state index contributed by atoms with van der Waals surface area (Å²) in [6.07, 6.45) is 0. The van der Waals surface area contributed by atoms with Crippen LogP contribution in [0.25, 0.3) is 10.9 Å². The van der Waals surface area contributed by atoms with Crippen molar-refractivity contribution in [3.05, 3.63) is 27.3 Å². The Bertz CT molecular complexity index is 512. The number of nitrogens with zero attached hydrogens (tertiary/aromatic N) is 2. The summed E-state index contributed by atoms with van der Waals surface area (Å²) in [6.45, 7) is 0. The van der Waals surface area contributed by atoms with E-state index < -0.39 is 0 Å². The highest BCUT2D eigenvalue weighted by molar-refractivity contribution is 9.10. The molecule has 13 heavy (non-hydrogen) atoms. The highest BCUT2D eigenvalue weighted by Gasteiger charge is 2.07. The van der Waals surface area contributed by atoms with Gasteiger partial charge in [0.1, 0.15) is 10.7 Å². The standard InChI is InChI=1S/C8H3BrClN3/c9-8-5-1-4(3-11)6(10)2-7(5)12-13-8/h1-2H,(H,12,13). The van der Waals surface area contributed by atoms with E-state index in [4.69, 9.17) is 16.9 Å². The number of benzene rings is 1. The molecule has 0 amide bonds. The van der Waals surface area contributed by atoms with Crippen LogP contribution in [0.4, 0.5) is 0 Å². The maximum atomic E-state index is 8.73. The van der Waals surface area contributed by atoms with Crippen molar-refractivity contribution < 1.29 is 0 Å². The normalized spacial score (nSPS) is 10.2. The summed E-state index contributed by atoms with van der Waals surface area (Å²) >= 11 is 9.11. The molecular weight excluding hydrogens is 253 g/mol. The van der Waals surface area contributed by atoms with Gasteiger partial charge in [-0.3, -0.25) is 5.10 Å². The van der Waals surface area contributed by atoms with Crippen LogP contribution < -0.4 is 0 Å². The van der Waals surface area contributed by atoms with Gasteiger partial charge in [0.15, 0.2) is 0 Å². The fourth-order valence-corrected chi connectivity index (χ4v) is 1.69. The third kappa shape index (κ3) is 1.30. The molecule has 0 fully saturated rings. The first-order valence-corrected chi connectivity index (χ1v) is 4.62. The maximum absolute atomic E-state index is 8.73. The van der Waals surface area contributed by atoms with Crippen molar-refractivity contribution in [3.8, 4) is 6.07 Å². The maximum Gasteiger partial charge on any atom is 0.108 e. The fraction of sp³-hybridized carbons (Fsp3) is 0. The number of fused-ring (bicyclic) bond motifs is 1. The van der Waals surface area contributed by atoms with E-state index in [0.29, 0.717) is 10.6 Å². The number of aromatic amines is 1. The molecule has 3 nitrogen and oxygen atoms in total. The largest absolute Gasteiger partial charge is 0.270 e. The summed E-state index contributed by atoms with van der Waals surface area (Å²) in [7, 11) is 0. The van der Waals surface area contributed by atoms with Crippen LogP contribution in [0.15, 0.2) is 16.7 Å². The summed E-state index contributed by atoms with van der Waals surface area (Å²) in [5.74, 6) is 0. The first-order chi connectivity index (χ1) is 6.22. The molecule has 64 valence electrons. The highest BCUT2D eigenvalue weighted by Crippen LogP contribution is 2.26. The van der Waals surface area contributed by atoms with Gasteiger partial charge < -0.3 is 0 Å². The van der Waals surface area contributed by atoms with Gasteiger partial charge in [0.25, 0.3) is 0 Å². The lowest BCUT2D eigenvalue weighted by molar-refractivity contribution is 1.10. The Hall–Kier alpha value is -1.05. The lowest BCUT2D eigenvalue weighted by Gasteiger charge is -1.93. The van der Waals surface area contributed by atoms with Gasteiger partial charge in [-0.15, -0.1) is 0 Å². The van der Waals surface area contributed by atoms with Crippen LogP contribution in [0.2, 0.25) is 5.02 Å². The molecule has 1 aromatic carbocycles. The number of nitrogens with one attached hydrogen (secondary N) is 1. The quantitative estimate of drug-likeness (QED) is 0.788. The predicted molar refractivity (Wildman–Crippen MR) is 53.5 cm³/mol. The van der Waals surface area contributed by atoms with Gasteiger partial charge in [0.2, 0.25) is 0 Å². The molecule has 0 aliphatic carbocycles. The Balaban J connectivity index is 2.86. The lowest BCUT2D eigenvalue weighted by Crippen LogP contribution is -1.77. The first kappa shape index (κ1) is 8.54. The molecule has 0 atom stereocenters. The number of H-pyrrole nitrogens is 1. The molecule has 0 aliphatic heterocycles. The summed E-state index contributed by atoms with van der Waals surface area (Å²) in [5.41, 5.74) is 1.20. The number of hydrogen-bond acceptors (Lipinski definition) is 2. The van der Waals surface area contributed by atoms with Gasteiger partial charge in [-0.05, 0) is 28.1 Å². The molecule has 0 saturated carbocycles. The number of halogens is 2. The van der Waals surface area contributed by atoms with Gasteiger partial charge in [0.05, 0.1) is 16.1 Å². The molecule has 0 radical (unpaired) electrons.